The molecule has 0 amide bonds. The zero-order chi connectivity index (χ0) is 16.7. The largest absolute Gasteiger partial charge is 0.479 e. The van der Waals surface area contributed by atoms with Crippen LogP contribution in [0.2, 0.25) is 0 Å². The van der Waals surface area contributed by atoms with Gasteiger partial charge in [-0.15, -0.1) is 0 Å². The summed E-state index contributed by atoms with van der Waals surface area (Å²) in [4.78, 5) is 11.0. The fourth-order valence-electron chi connectivity index (χ4n) is 1.79. The number of rotatable bonds is 8. The molecule has 2 aromatic rings. The van der Waals surface area contributed by atoms with Crippen molar-refractivity contribution < 1.29 is 28.6 Å². The summed E-state index contributed by atoms with van der Waals surface area (Å²) >= 11 is 0. The molecular weight excluding hydrogens is 319 g/mol. The predicted molar refractivity (Wildman–Crippen MR) is 83.7 cm³/mol. The minimum atomic E-state index is -4.24. The first-order valence-corrected chi connectivity index (χ1v) is 8.50. The molecule has 0 heterocycles. The molecule has 0 aliphatic rings. The second-order valence-electron chi connectivity index (χ2n) is 4.77. The number of hydrogen-bond donors (Lipinski definition) is 2. The Morgan fingerprint density at radius 2 is 1.30 bits per heavy atom. The van der Waals surface area contributed by atoms with Crippen molar-refractivity contribution in [3.8, 4) is 0 Å². The maximum Gasteiger partial charge on any atom is 0.371 e. The van der Waals surface area contributed by atoms with Gasteiger partial charge < -0.3 is 19.3 Å². The molecule has 2 rings (SSSR count). The van der Waals surface area contributed by atoms with E-state index in [4.69, 9.17) is 14.2 Å². The average molecular weight is 336 g/mol. The number of benzene rings is 2. The maximum absolute atomic E-state index is 12.6. The van der Waals surface area contributed by atoms with Crippen molar-refractivity contribution >= 4 is 13.6 Å². The van der Waals surface area contributed by atoms with Gasteiger partial charge in [-0.2, -0.15) is 0 Å². The molecule has 0 radical (unpaired) electrons. The lowest BCUT2D eigenvalue weighted by atomic mass is 10.2. The second kappa shape index (κ2) is 8.04. The van der Waals surface area contributed by atoms with Gasteiger partial charge in [-0.3, -0.25) is 4.57 Å². The van der Waals surface area contributed by atoms with Crippen LogP contribution >= 0.6 is 7.60 Å². The van der Waals surface area contributed by atoms with Crippen LogP contribution in [0.5, 0.6) is 0 Å². The molecule has 6 nitrogen and oxygen atoms in total. The third-order valence-electron chi connectivity index (χ3n) is 3.03. The lowest BCUT2D eigenvalue weighted by Crippen LogP contribution is -2.22. The van der Waals surface area contributed by atoms with Gasteiger partial charge >= 0.3 is 13.6 Å². The van der Waals surface area contributed by atoms with Gasteiger partial charge in [0.05, 0.1) is 13.2 Å². The Hall–Kier alpha value is -1.98. The molecular formula is C16H17O6P. The molecule has 122 valence electrons. The second-order valence-corrected chi connectivity index (χ2v) is 6.86. The van der Waals surface area contributed by atoms with Crippen LogP contribution in [-0.4, -0.2) is 22.0 Å². The molecule has 7 heteroatoms. The fourth-order valence-corrected chi connectivity index (χ4v) is 3.08. The molecule has 0 saturated heterocycles. The maximum atomic E-state index is 12.6. The molecule has 0 aromatic heterocycles. The highest BCUT2D eigenvalue weighted by molar-refractivity contribution is 7.55. The Balaban J connectivity index is 2.08. The van der Waals surface area contributed by atoms with Gasteiger partial charge in [0, 0.05) is 0 Å². The van der Waals surface area contributed by atoms with Crippen molar-refractivity contribution in [2.45, 2.75) is 19.1 Å². The van der Waals surface area contributed by atoms with E-state index in [1.165, 1.54) is 0 Å². The zero-order valence-electron chi connectivity index (χ0n) is 12.2. The van der Waals surface area contributed by atoms with Crippen molar-refractivity contribution in [2.24, 2.45) is 0 Å². The van der Waals surface area contributed by atoms with Gasteiger partial charge in [-0.05, 0) is 11.1 Å². The van der Waals surface area contributed by atoms with Crippen LogP contribution in [0.4, 0.5) is 0 Å². The summed E-state index contributed by atoms with van der Waals surface area (Å²) in [5.74, 6) is -3.90. The van der Waals surface area contributed by atoms with Crippen LogP contribution in [0.25, 0.3) is 0 Å². The SMILES string of the molecule is O=C(O)C(O)P(=O)(OCc1ccccc1)OCc1ccccc1. The lowest BCUT2D eigenvalue weighted by molar-refractivity contribution is -0.143. The Labute approximate surface area is 133 Å². The summed E-state index contributed by atoms with van der Waals surface area (Å²) in [6.45, 7) is -0.255. The summed E-state index contributed by atoms with van der Waals surface area (Å²) in [7, 11) is -4.24. The van der Waals surface area contributed by atoms with E-state index in [2.05, 4.69) is 0 Å². The van der Waals surface area contributed by atoms with E-state index < -0.39 is 19.4 Å². The molecule has 2 aromatic carbocycles. The molecule has 0 saturated carbocycles. The molecule has 2 N–H and O–H groups in total. The van der Waals surface area contributed by atoms with Crippen molar-refractivity contribution in [3.05, 3.63) is 71.8 Å². The topological polar surface area (TPSA) is 93.1 Å². The van der Waals surface area contributed by atoms with Crippen molar-refractivity contribution in [1.82, 2.24) is 0 Å². The van der Waals surface area contributed by atoms with Crippen LogP contribution in [0.3, 0.4) is 0 Å². The highest BCUT2D eigenvalue weighted by Gasteiger charge is 2.40. The Bertz CT molecular complexity index is 626. The highest BCUT2D eigenvalue weighted by Crippen LogP contribution is 2.53. The zero-order valence-corrected chi connectivity index (χ0v) is 13.1. The minimum absolute atomic E-state index is 0.128. The third-order valence-corrected chi connectivity index (χ3v) is 4.83. The monoisotopic (exact) mass is 336 g/mol. The smallest absolute Gasteiger partial charge is 0.371 e. The van der Waals surface area contributed by atoms with Crippen LogP contribution in [-0.2, 0) is 31.6 Å². The van der Waals surface area contributed by atoms with E-state index in [-0.39, 0.29) is 13.2 Å². The standard InChI is InChI=1S/C16H17O6P/c17-15(18)16(19)23(20,21-11-13-7-3-1-4-8-13)22-12-14-9-5-2-6-10-14/h1-10,16,19H,11-12H2,(H,17,18). The van der Waals surface area contributed by atoms with E-state index in [1.807, 2.05) is 0 Å². The predicted octanol–water partition coefficient (Wildman–Crippen LogP) is 3.02. The van der Waals surface area contributed by atoms with E-state index in [0.29, 0.717) is 11.1 Å². The van der Waals surface area contributed by atoms with Crippen LogP contribution in [0.15, 0.2) is 60.7 Å². The third kappa shape index (κ3) is 5.01. The molecule has 0 fully saturated rings. The van der Waals surface area contributed by atoms with E-state index in [0.717, 1.165) is 0 Å². The number of carboxylic acid groups (broad SMARTS) is 1. The van der Waals surface area contributed by atoms with Gasteiger partial charge in [0.1, 0.15) is 0 Å². The number of aliphatic hydroxyl groups excluding tert-OH is 1. The van der Waals surface area contributed by atoms with E-state index >= 15 is 0 Å². The number of carbonyl (C=O) groups is 1. The first-order valence-electron chi connectivity index (χ1n) is 6.89. The first-order chi connectivity index (χ1) is 11.0. The van der Waals surface area contributed by atoms with Crippen LogP contribution in [0.1, 0.15) is 11.1 Å². The van der Waals surface area contributed by atoms with Gasteiger partial charge in [-0.1, -0.05) is 60.7 Å². The Morgan fingerprint density at radius 3 is 1.65 bits per heavy atom. The molecule has 0 aliphatic carbocycles. The van der Waals surface area contributed by atoms with Gasteiger partial charge in [-0.25, -0.2) is 4.79 Å². The quantitative estimate of drug-likeness (QED) is 0.720. The summed E-state index contributed by atoms with van der Waals surface area (Å²) < 4.78 is 23.0. The first kappa shape index (κ1) is 17.4. The van der Waals surface area contributed by atoms with E-state index in [9.17, 15) is 14.5 Å². The molecule has 23 heavy (non-hydrogen) atoms. The van der Waals surface area contributed by atoms with Gasteiger partial charge in [0.15, 0.2) is 0 Å². The molecule has 0 spiro atoms. The van der Waals surface area contributed by atoms with Crippen molar-refractivity contribution in [2.75, 3.05) is 0 Å². The average Bonchev–Trinajstić information content (AvgIpc) is 2.59. The summed E-state index contributed by atoms with van der Waals surface area (Å²) in [5, 5.41) is 18.6. The molecule has 1 atom stereocenters. The number of hydrogen-bond acceptors (Lipinski definition) is 5. The minimum Gasteiger partial charge on any atom is -0.479 e. The number of aliphatic carboxylic acids is 1. The van der Waals surface area contributed by atoms with Crippen LogP contribution < -0.4 is 0 Å². The Morgan fingerprint density at radius 1 is 0.913 bits per heavy atom. The van der Waals surface area contributed by atoms with Crippen molar-refractivity contribution in [1.29, 1.82) is 0 Å². The summed E-state index contributed by atoms with van der Waals surface area (Å²) in [6.07, 6.45) is 0. The highest BCUT2D eigenvalue weighted by atomic mass is 31.2. The summed E-state index contributed by atoms with van der Waals surface area (Å²) in [6, 6.07) is 17.6. The molecule has 0 aliphatic heterocycles. The van der Waals surface area contributed by atoms with Gasteiger partial charge in [0.25, 0.3) is 5.85 Å². The van der Waals surface area contributed by atoms with E-state index in [1.54, 1.807) is 60.7 Å². The fraction of sp³-hybridized carbons (Fsp3) is 0.188. The summed E-state index contributed by atoms with van der Waals surface area (Å²) in [5.41, 5.74) is 1.38. The van der Waals surface area contributed by atoms with Crippen molar-refractivity contribution in [3.63, 3.8) is 0 Å². The lowest BCUT2D eigenvalue weighted by Gasteiger charge is -2.21. The Kier molecular flexibility index (Phi) is 6.07. The molecule has 1 unspecified atom stereocenters. The molecule has 0 bridgehead atoms. The normalized spacial score (nSPS) is 12.7. The number of carboxylic acids is 1. The van der Waals surface area contributed by atoms with Gasteiger partial charge in [0.2, 0.25) is 0 Å². The van der Waals surface area contributed by atoms with Crippen LogP contribution in [0, 0.1) is 0 Å². The number of aliphatic hydroxyl groups is 1.